The molecule has 4 aromatic rings. The van der Waals surface area contributed by atoms with Gasteiger partial charge in [0.2, 0.25) is 0 Å². The Morgan fingerprint density at radius 3 is 2.40 bits per heavy atom. The smallest absolute Gasteiger partial charge is 0.410 e. The molecule has 0 spiro atoms. The number of hydrogen-bond acceptors (Lipinski definition) is 6. The number of ether oxygens (including phenoxy) is 1. The van der Waals surface area contributed by atoms with Gasteiger partial charge in [0.05, 0.1) is 0 Å². The standard InChI is InChI=1S/C27H29N5O2S/c1-27(2,3)34-26(33)31-17-13-21(14-18-31)35-20-11-9-19(10-12-20)32-24-23(8-6-16-29-24)30-25(32)22-7-4-5-15-28-22/h4-12,15-16,21H,13-14,17-18H2,1-3H3. The number of rotatable bonds is 4. The lowest BCUT2D eigenvalue weighted by Gasteiger charge is -2.33. The molecule has 1 saturated heterocycles. The van der Waals surface area contributed by atoms with Gasteiger partial charge in [-0.2, -0.15) is 0 Å². The quantitative estimate of drug-likeness (QED) is 0.353. The third kappa shape index (κ3) is 5.32. The highest BCUT2D eigenvalue weighted by molar-refractivity contribution is 8.00. The maximum Gasteiger partial charge on any atom is 0.410 e. The highest BCUT2D eigenvalue weighted by Crippen LogP contribution is 2.33. The fraction of sp³-hybridized carbons (Fsp3) is 0.333. The van der Waals surface area contributed by atoms with Crippen molar-refractivity contribution >= 4 is 29.0 Å². The fourth-order valence-electron chi connectivity index (χ4n) is 4.17. The van der Waals surface area contributed by atoms with Crippen LogP contribution in [0.2, 0.25) is 0 Å². The summed E-state index contributed by atoms with van der Waals surface area (Å²) in [7, 11) is 0. The summed E-state index contributed by atoms with van der Waals surface area (Å²) in [5.41, 5.74) is 2.99. The van der Waals surface area contributed by atoms with E-state index in [0.717, 1.165) is 54.3 Å². The molecule has 5 rings (SSSR count). The Kier molecular flexibility index (Phi) is 6.47. The first-order valence-electron chi connectivity index (χ1n) is 11.9. The van der Waals surface area contributed by atoms with Crippen LogP contribution in [0.5, 0.6) is 0 Å². The molecule has 0 N–H and O–H groups in total. The van der Waals surface area contributed by atoms with E-state index in [1.807, 2.05) is 67.8 Å². The normalized spacial score (nSPS) is 14.9. The molecule has 0 unspecified atom stereocenters. The number of carbonyl (C=O) groups excluding carboxylic acids is 1. The fourth-order valence-corrected chi connectivity index (χ4v) is 5.30. The molecule has 1 aliphatic rings. The Morgan fingerprint density at radius 2 is 1.71 bits per heavy atom. The average molecular weight is 488 g/mol. The predicted molar refractivity (Wildman–Crippen MR) is 139 cm³/mol. The number of fused-ring (bicyclic) bond motifs is 1. The van der Waals surface area contributed by atoms with Gasteiger partial charge in [0.1, 0.15) is 16.8 Å². The number of benzene rings is 1. The van der Waals surface area contributed by atoms with Gasteiger partial charge in [-0.05, 0) is 82.1 Å². The Labute approximate surface area is 209 Å². The first kappa shape index (κ1) is 23.4. The lowest BCUT2D eigenvalue weighted by Crippen LogP contribution is -2.42. The van der Waals surface area contributed by atoms with E-state index < -0.39 is 5.60 Å². The van der Waals surface area contributed by atoms with Crippen molar-refractivity contribution in [1.29, 1.82) is 0 Å². The van der Waals surface area contributed by atoms with Crippen LogP contribution in [0.25, 0.3) is 28.4 Å². The average Bonchev–Trinajstić information content (AvgIpc) is 3.24. The van der Waals surface area contributed by atoms with Crippen LogP contribution in [0, 0.1) is 0 Å². The largest absolute Gasteiger partial charge is 0.444 e. The van der Waals surface area contributed by atoms with Crippen molar-refractivity contribution in [3.8, 4) is 17.2 Å². The minimum Gasteiger partial charge on any atom is -0.444 e. The predicted octanol–water partition coefficient (Wildman–Crippen LogP) is 5.97. The van der Waals surface area contributed by atoms with E-state index in [2.05, 4.69) is 38.8 Å². The van der Waals surface area contributed by atoms with E-state index >= 15 is 0 Å². The number of nitrogens with zero attached hydrogens (tertiary/aromatic N) is 5. The van der Waals surface area contributed by atoms with E-state index in [1.165, 1.54) is 4.90 Å². The molecule has 0 radical (unpaired) electrons. The Bertz CT molecular complexity index is 1310. The lowest BCUT2D eigenvalue weighted by molar-refractivity contribution is 0.0219. The number of likely N-dealkylation sites (tertiary alicyclic amines) is 1. The van der Waals surface area contributed by atoms with E-state index in [-0.39, 0.29) is 6.09 Å². The molecular formula is C27H29N5O2S. The number of amides is 1. The summed E-state index contributed by atoms with van der Waals surface area (Å²) in [6.07, 6.45) is 5.25. The third-order valence-corrected chi connectivity index (χ3v) is 7.15. The molecule has 0 atom stereocenters. The van der Waals surface area contributed by atoms with Crippen molar-refractivity contribution < 1.29 is 9.53 Å². The highest BCUT2D eigenvalue weighted by atomic mass is 32.2. The number of pyridine rings is 2. The van der Waals surface area contributed by atoms with Crippen LogP contribution in [0.3, 0.4) is 0 Å². The number of aromatic nitrogens is 4. The first-order valence-corrected chi connectivity index (χ1v) is 12.8. The summed E-state index contributed by atoms with van der Waals surface area (Å²) < 4.78 is 7.58. The third-order valence-electron chi connectivity index (χ3n) is 5.80. The van der Waals surface area contributed by atoms with Gasteiger partial charge in [0.25, 0.3) is 0 Å². The van der Waals surface area contributed by atoms with Gasteiger partial charge in [0.15, 0.2) is 11.5 Å². The minimum absolute atomic E-state index is 0.213. The summed E-state index contributed by atoms with van der Waals surface area (Å²) in [6, 6.07) is 18.2. The molecule has 0 bridgehead atoms. The molecule has 3 aromatic heterocycles. The second kappa shape index (κ2) is 9.70. The van der Waals surface area contributed by atoms with Gasteiger partial charge < -0.3 is 9.64 Å². The van der Waals surface area contributed by atoms with Gasteiger partial charge >= 0.3 is 6.09 Å². The monoisotopic (exact) mass is 487 g/mol. The summed E-state index contributed by atoms with van der Waals surface area (Å²) in [5.74, 6) is 0.772. The van der Waals surface area contributed by atoms with Crippen LogP contribution >= 0.6 is 11.8 Å². The van der Waals surface area contributed by atoms with E-state index in [1.54, 1.807) is 12.4 Å². The lowest BCUT2D eigenvalue weighted by atomic mass is 10.1. The van der Waals surface area contributed by atoms with Gasteiger partial charge in [-0.3, -0.25) is 9.55 Å². The molecule has 35 heavy (non-hydrogen) atoms. The van der Waals surface area contributed by atoms with Gasteiger partial charge in [-0.15, -0.1) is 11.8 Å². The molecule has 7 nitrogen and oxygen atoms in total. The van der Waals surface area contributed by atoms with Gasteiger partial charge in [-0.25, -0.2) is 14.8 Å². The second-order valence-electron chi connectivity index (χ2n) is 9.61. The van der Waals surface area contributed by atoms with Gasteiger partial charge in [-0.1, -0.05) is 6.07 Å². The molecule has 8 heteroatoms. The molecule has 0 aliphatic carbocycles. The summed E-state index contributed by atoms with van der Waals surface area (Å²) in [6.45, 7) is 7.16. The van der Waals surface area contributed by atoms with E-state index in [0.29, 0.717) is 5.25 Å². The Balaban J connectivity index is 1.31. The molecular weight excluding hydrogens is 458 g/mol. The molecule has 1 amide bonds. The minimum atomic E-state index is -0.461. The molecule has 1 aromatic carbocycles. The summed E-state index contributed by atoms with van der Waals surface area (Å²) >= 11 is 1.87. The van der Waals surface area contributed by atoms with Crippen LogP contribution in [0.4, 0.5) is 4.79 Å². The van der Waals surface area contributed by atoms with Crippen molar-refractivity contribution in [2.24, 2.45) is 0 Å². The van der Waals surface area contributed by atoms with Crippen LogP contribution in [0.15, 0.2) is 71.9 Å². The summed E-state index contributed by atoms with van der Waals surface area (Å²) in [4.78, 5) is 29.3. The van der Waals surface area contributed by atoms with Crippen LogP contribution in [-0.4, -0.2) is 54.5 Å². The maximum atomic E-state index is 12.3. The maximum absolute atomic E-state index is 12.3. The number of piperidine rings is 1. The number of thioether (sulfide) groups is 1. The van der Waals surface area contributed by atoms with Crippen molar-refractivity contribution in [2.75, 3.05) is 13.1 Å². The van der Waals surface area contributed by atoms with E-state index in [9.17, 15) is 4.79 Å². The van der Waals surface area contributed by atoms with Crippen LogP contribution < -0.4 is 0 Å². The zero-order chi connectivity index (χ0) is 24.4. The van der Waals surface area contributed by atoms with Crippen molar-refractivity contribution in [3.05, 3.63) is 67.0 Å². The number of hydrogen-bond donors (Lipinski definition) is 0. The Morgan fingerprint density at radius 1 is 0.971 bits per heavy atom. The SMILES string of the molecule is CC(C)(C)OC(=O)N1CCC(Sc2ccc(-n3c(-c4ccccn4)nc4cccnc43)cc2)CC1. The van der Waals surface area contributed by atoms with Crippen molar-refractivity contribution in [3.63, 3.8) is 0 Å². The van der Waals surface area contributed by atoms with Crippen molar-refractivity contribution in [2.45, 2.75) is 49.4 Å². The van der Waals surface area contributed by atoms with Crippen LogP contribution in [-0.2, 0) is 4.74 Å². The van der Waals surface area contributed by atoms with Gasteiger partial charge in [0, 0.05) is 41.3 Å². The molecule has 4 heterocycles. The number of imidazole rings is 1. The zero-order valence-electron chi connectivity index (χ0n) is 20.2. The van der Waals surface area contributed by atoms with Crippen LogP contribution in [0.1, 0.15) is 33.6 Å². The van der Waals surface area contributed by atoms with Crippen molar-refractivity contribution in [1.82, 2.24) is 24.4 Å². The second-order valence-corrected chi connectivity index (χ2v) is 11.0. The first-order chi connectivity index (χ1) is 16.9. The molecule has 1 aliphatic heterocycles. The molecule has 1 fully saturated rings. The Hall–Kier alpha value is -3.39. The molecule has 0 saturated carbocycles. The summed E-state index contributed by atoms with van der Waals surface area (Å²) in [5, 5.41) is 0.472. The number of carbonyl (C=O) groups is 1. The van der Waals surface area contributed by atoms with E-state index in [4.69, 9.17) is 9.72 Å². The highest BCUT2D eigenvalue weighted by Gasteiger charge is 2.27. The molecule has 180 valence electrons. The topological polar surface area (TPSA) is 73.1 Å². The zero-order valence-corrected chi connectivity index (χ0v) is 21.0.